The monoisotopic (exact) mass is 402 g/mol. The number of hydrogen-bond donors (Lipinski definition) is 2. The highest BCUT2D eigenvalue weighted by Crippen LogP contribution is 2.21. The highest BCUT2D eigenvalue weighted by atomic mass is 16.5. The zero-order valence-corrected chi connectivity index (χ0v) is 16.3. The molecule has 0 spiro atoms. The van der Waals surface area contributed by atoms with Gasteiger partial charge < -0.3 is 9.84 Å². The van der Waals surface area contributed by atoms with Crippen LogP contribution in [-0.2, 0) is 9.59 Å². The van der Waals surface area contributed by atoms with Gasteiger partial charge >= 0.3 is 5.97 Å². The van der Waals surface area contributed by atoms with Gasteiger partial charge in [-0.25, -0.2) is 5.43 Å². The maximum Gasteiger partial charge on any atom is 0.303 e. The molecule has 6 heteroatoms. The molecule has 0 radical (unpaired) electrons. The van der Waals surface area contributed by atoms with E-state index in [0.29, 0.717) is 11.5 Å². The third-order valence-electron chi connectivity index (χ3n) is 4.33. The lowest BCUT2D eigenvalue weighted by Crippen LogP contribution is -2.26. The number of nitrogens with one attached hydrogen (secondary N) is 1. The largest absolute Gasteiger partial charge is 0.484 e. The van der Waals surface area contributed by atoms with Crippen LogP contribution in [0.5, 0.6) is 5.75 Å². The lowest BCUT2D eigenvalue weighted by Gasteiger charge is -2.08. The highest BCUT2D eigenvalue weighted by molar-refractivity contribution is 6.02. The van der Waals surface area contributed by atoms with Crippen LogP contribution in [0.25, 0.3) is 11.1 Å². The van der Waals surface area contributed by atoms with E-state index in [4.69, 9.17) is 9.84 Å². The fraction of sp³-hybridized carbons (Fsp3) is 0.125. The molecule has 3 rings (SSSR count). The zero-order valence-electron chi connectivity index (χ0n) is 16.3. The minimum Gasteiger partial charge on any atom is -0.484 e. The van der Waals surface area contributed by atoms with Crippen LogP contribution in [0.2, 0.25) is 0 Å². The topological polar surface area (TPSA) is 88.0 Å². The van der Waals surface area contributed by atoms with E-state index in [-0.39, 0.29) is 19.4 Å². The standard InChI is InChI=1S/C24H22N2O4/c27-23(26-25-22(15-16-24(28)29)20-9-5-2-6-10-20)17-30-21-13-11-19(12-14-21)18-7-3-1-4-8-18/h1-14H,15-17H2,(H,26,27)(H,28,29)/b25-22-. The SMILES string of the molecule is O=C(O)CC/C(=N/NC(=O)COc1ccc(-c2ccccc2)cc1)c1ccccc1. The number of amides is 1. The molecule has 0 fully saturated rings. The predicted molar refractivity (Wildman–Crippen MR) is 115 cm³/mol. The van der Waals surface area contributed by atoms with Crippen molar-refractivity contribution in [3.05, 3.63) is 90.5 Å². The Bertz CT molecular complexity index is 1000. The van der Waals surface area contributed by atoms with Crippen LogP contribution in [-0.4, -0.2) is 29.3 Å². The summed E-state index contributed by atoms with van der Waals surface area (Å²) >= 11 is 0. The molecule has 3 aromatic carbocycles. The van der Waals surface area contributed by atoms with Crippen molar-refractivity contribution < 1.29 is 19.4 Å². The minimum atomic E-state index is -0.924. The number of benzene rings is 3. The molecule has 0 atom stereocenters. The van der Waals surface area contributed by atoms with Crippen molar-refractivity contribution in [3.63, 3.8) is 0 Å². The smallest absolute Gasteiger partial charge is 0.303 e. The molecule has 2 N–H and O–H groups in total. The number of hydrogen-bond acceptors (Lipinski definition) is 4. The summed E-state index contributed by atoms with van der Waals surface area (Å²) in [6.07, 6.45) is 0.134. The molecule has 30 heavy (non-hydrogen) atoms. The van der Waals surface area contributed by atoms with Crippen molar-refractivity contribution in [1.82, 2.24) is 5.43 Å². The van der Waals surface area contributed by atoms with Crippen LogP contribution < -0.4 is 10.2 Å². The molecule has 3 aromatic rings. The Hall–Kier alpha value is -3.93. The fourth-order valence-electron chi connectivity index (χ4n) is 2.81. The van der Waals surface area contributed by atoms with Crippen molar-refractivity contribution in [1.29, 1.82) is 0 Å². The van der Waals surface area contributed by atoms with Crippen molar-refractivity contribution in [2.45, 2.75) is 12.8 Å². The molecule has 0 aliphatic heterocycles. The van der Waals surface area contributed by atoms with Crippen molar-refractivity contribution >= 4 is 17.6 Å². The van der Waals surface area contributed by atoms with E-state index in [1.54, 1.807) is 12.1 Å². The number of ether oxygens (including phenoxy) is 1. The van der Waals surface area contributed by atoms with Crippen LogP contribution in [0.4, 0.5) is 0 Å². The first-order chi connectivity index (χ1) is 14.6. The highest BCUT2D eigenvalue weighted by Gasteiger charge is 2.09. The van der Waals surface area contributed by atoms with Crippen molar-refractivity contribution in [2.75, 3.05) is 6.61 Å². The number of carbonyl (C=O) groups is 2. The van der Waals surface area contributed by atoms with Gasteiger partial charge in [0.2, 0.25) is 0 Å². The number of nitrogens with zero attached hydrogens (tertiary/aromatic N) is 1. The van der Waals surface area contributed by atoms with E-state index in [0.717, 1.165) is 16.7 Å². The first kappa shape index (κ1) is 20.8. The van der Waals surface area contributed by atoms with Crippen molar-refractivity contribution in [3.8, 4) is 16.9 Å². The molecule has 6 nitrogen and oxygen atoms in total. The van der Waals surface area contributed by atoms with E-state index < -0.39 is 11.9 Å². The van der Waals surface area contributed by atoms with Gasteiger partial charge in [-0.3, -0.25) is 9.59 Å². The second kappa shape index (κ2) is 10.6. The first-order valence-electron chi connectivity index (χ1n) is 9.53. The number of aliphatic carboxylic acids is 1. The molecule has 0 saturated heterocycles. The molecule has 152 valence electrons. The number of rotatable bonds is 9. The summed E-state index contributed by atoms with van der Waals surface area (Å²) in [7, 11) is 0. The quantitative estimate of drug-likeness (QED) is 0.416. The first-order valence-corrected chi connectivity index (χ1v) is 9.53. The van der Waals surface area contributed by atoms with E-state index in [1.807, 2.05) is 72.8 Å². The molecule has 0 heterocycles. The van der Waals surface area contributed by atoms with Gasteiger partial charge in [0.1, 0.15) is 5.75 Å². The second-order valence-corrected chi connectivity index (χ2v) is 6.53. The summed E-state index contributed by atoms with van der Waals surface area (Å²) in [5.41, 5.74) is 5.86. The normalized spacial score (nSPS) is 11.0. The van der Waals surface area contributed by atoms with Gasteiger partial charge in [-0.15, -0.1) is 0 Å². The summed E-state index contributed by atoms with van der Waals surface area (Å²) in [5.74, 6) is -0.777. The van der Waals surface area contributed by atoms with Gasteiger partial charge in [0.25, 0.3) is 5.91 Å². The Kier molecular flexibility index (Phi) is 7.33. The third kappa shape index (κ3) is 6.31. The van der Waals surface area contributed by atoms with Crippen LogP contribution in [0, 0.1) is 0 Å². The van der Waals surface area contributed by atoms with Crippen LogP contribution in [0.1, 0.15) is 18.4 Å². The Balaban J connectivity index is 1.56. The van der Waals surface area contributed by atoms with Crippen LogP contribution in [0.3, 0.4) is 0 Å². The number of hydrazone groups is 1. The maximum absolute atomic E-state index is 12.1. The lowest BCUT2D eigenvalue weighted by molar-refractivity contribution is -0.136. The van der Waals surface area contributed by atoms with Crippen molar-refractivity contribution in [2.24, 2.45) is 5.10 Å². The Morgan fingerprint density at radius 1 is 0.800 bits per heavy atom. The Morgan fingerprint density at radius 2 is 1.40 bits per heavy atom. The van der Waals surface area contributed by atoms with E-state index in [9.17, 15) is 9.59 Å². The maximum atomic E-state index is 12.1. The molecule has 1 amide bonds. The molecule has 0 aliphatic rings. The lowest BCUT2D eigenvalue weighted by atomic mass is 10.1. The van der Waals surface area contributed by atoms with Gasteiger partial charge in [-0.2, -0.15) is 5.10 Å². The molecular weight excluding hydrogens is 380 g/mol. The average molecular weight is 402 g/mol. The molecule has 0 bridgehead atoms. The summed E-state index contributed by atoms with van der Waals surface area (Å²) in [4.78, 5) is 23.0. The van der Waals surface area contributed by atoms with Crippen LogP contribution >= 0.6 is 0 Å². The molecule has 0 saturated carbocycles. The molecular formula is C24H22N2O4. The van der Waals surface area contributed by atoms with Gasteiger partial charge in [-0.1, -0.05) is 72.8 Å². The fourth-order valence-corrected chi connectivity index (χ4v) is 2.81. The third-order valence-corrected chi connectivity index (χ3v) is 4.33. The van der Waals surface area contributed by atoms with Gasteiger partial charge in [0.15, 0.2) is 6.61 Å². The zero-order chi connectivity index (χ0) is 21.2. The van der Waals surface area contributed by atoms with Gasteiger partial charge in [0, 0.05) is 6.42 Å². The Morgan fingerprint density at radius 3 is 2.03 bits per heavy atom. The molecule has 0 aromatic heterocycles. The van der Waals surface area contributed by atoms with E-state index in [2.05, 4.69) is 10.5 Å². The predicted octanol–water partition coefficient (Wildman–Crippen LogP) is 4.12. The number of carboxylic acids is 1. The Labute approximate surface area is 174 Å². The van der Waals surface area contributed by atoms with Crippen LogP contribution in [0.15, 0.2) is 90.0 Å². The summed E-state index contributed by atoms with van der Waals surface area (Å²) < 4.78 is 5.52. The summed E-state index contributed by atoms with van der Waals surface area (Å²) in [5, 5.41) is 13.0. The van der Waals surface area contributed by atoms with E-state index >= 15 is 0 Å². The molecule has 0 aliphatic carbocycles. The minimum absolute atomic E-state index is 0.0755. The van der Waals surface area contributed by atoms with Gasteiger partial charge in [-0.05, 0) is 28.8 Å². The molecule has 0 unspecified atom stereocenters. The van der Waals surface area contributed by atoms with Gasteiger partial charge in [0.05, 0.1) is 12.1 Å². The second-order valence-electron chi connectivity index (χ2n) is 6.53. The summed E-state index contributed by atoms with van der Waals surface area (Å²) in [6.45, 7) is -0.199. The summed E-state index contributed by atoms with van der Waals surface area (Å²) in [6, 6.07) is 26.6. The number of carbonyl (C=O) groups excluding carboxylic acids is 1. The number of carboxylic acid groups (broad SMARTS) is 1. The average Bonchev–Trinajstić information content (AvgIpc) is 2.79. The van der Waals surface area contributed by atoms with E-state index in [1.165, 1.54) is 0 Å².